The Hall–Kier alpha value is -2.21. The van der Waals surface area contributed by atoms with E-state index in [9.17, 15) is 4.79 Å². The molecule has 2 aliphatic heterocycles. The minimum Gasteiger partial charge on any atom is -0.339 e. The fraction of sp³-hybridized carbons (Fsp3) is 0.550. The van der Waals surface area contributed by atoms with Crippen molar-refractivity contribution in [3.8, 4) is 0 Å². The van der Waals surface area contributed by atoms with Crippen LogP contribution in [0.25, 0.3) is 0 Å². The normalized spacial score (nSPS) is 25.3. The van der Waals surface area contributed by atoms with Gasteiger partial charge in [0.2, 0.25) is 11.8 Å². The van der Waals surface area contributed by atoms with E-state index in [1.807, 2.05) is 13.0 Å². The van der Waals surface area contributed by atoms with Gasteiger partial charge < -0.3 is 14.7 Å². The molecule has 2 aliphatic rings. The summed E-state index contributed by atoms with van der Waals surface area (Å²) in [4.78, 5) is 19.4. The molecule has 2 aromatic rings. The third kappa shape index (κ3) is 3.38. The molecule has 1 amide bonds. The molecular formula is C20H26N4O2. The van der Waals surface area contributed by atoms with E-state index in [0.29, 0.717) is 42.4 Å². The van der Waals surface area contributed by atoms with E-state index in [1.54, 1.807) is 0 Å². The number of aromatic nitrogens is 2. The van der Waals surface area contributed by atoms with E-state index in [1.165, 1.54) is 5.56 Å². The molecule has 0 radical (unpaired) electrons. The van der Waals surface area contributed by atoms with Gasteiger partial charge in [-0.3, -0.25) is 4.79 Å². The summed E-state index contributed by atoms with van der Waals surface area (Å²) in [5.74, 6) is 2.38. The Balaban J connectivity index is 1.45. The third-order valence-electron chi connectivity index (χ3n) is 5.73. The van der Waals surface area contributed by atoms with Crippen molar-refractivity contribution >= 4 is 5.91 Å². The number of nitrogens with zero attached hydrogens (tertiary/aromatic N) is 3. The van der Waals surface area contributed by atoms with Crippen LogP contribution < -0.4 is 5.32 Å². The van der Waals surface area contributed by atoms with Crippen LogP contribution in [0.1, 0.15) is 43.0 Å². The summed E-state index contributed by atoms with van der Waals surface area (Å²) in [5.41, 5.74) is 1.34. The highest BCUT2D eigenvalue weighted by atomic mass is 16.5. The highest BCUT2D eigenvalue weighted by molar-refractivity contribution is 5.77. The molecule has 0 spiro atoms. The number of aryl methyl sites for hydroxylation is 2. The first-order chi connectivity index (χ1) is 12.8. The maximum absolute atomic E-state index is 12.9. The van der Waals surface area contributed by atoms with Crippen molar-refractivity contribution in [3.63, 3.8) is 0 Å². The topological polar surface area (TPSA) is 71.3 Å². The van der Waals surface area contributed by atoms with Gasteiger partial charge in [-0.1, -0.05) is 42.4 Å². The second-order valence-electron chi connectivity index (χ2n) is 7.25. The molecule has 1 N–H and O–H groups in total. The van der Waals surface area contributed by atoms with E-state index in [0.717, 1.165) is 32.5 Å². The van der Waals surface area contributed by atoms with Gasteiger partial charge in [0, 0.05) is 50.2 Å². The molecule has 6 nitrogen and oxygen atoms in total. The molecule has 2 fully saturated rings. The zero-order valence-electron chi connectivity index (χ0n) is 15.2. The Kier molecular flexibility index (Phi) is 5.02. The van der Waals surface area contributed by atoms with Gasteiger partial charge in [0.25, 0.3) is 0 Å². The number of carbonyl (C=O) groups is 1. The van der Waals surface area contributed by atoms with Crippen molar-refractivity contribution in [2.24, 2.45) is 5.92 Å². The summed E-state index contributed by atoms with van der Waals surface area (Å²) < 4.78 is 5.22. The van der Waals surface area contributed by atoms with Crippen molar-refractivity contribution in [1.29, 1.82) is 0 Å². The fourth-order valence-electron chi connectivity index (χ4n) is 4.38. The number of benzene rings is 1. The predicted molar refractivity (Wildman–Crippen MR) is 97.7 cm³/mol. The van der Waals surface area contributed by atoms with Crippen molar-refractivity contribution in [2.75, 3.05) is 19.6 Å². The fourth-order valence-corrected chi connectivity index (χ4v) is 4.38. The number of hydrogen-bond donors (Lipinski definition) is 1. The van der Waals surface area contributed by atoms with E-state index >= 15 is 0 Å². The molecule has 2 saturated heterocycles. The number of rotatable bonds is 5. The van der Waals surface area contributed by atoms with Crippen LogP contribution in [0.3, 0.4) is 0 Å². The molecule has 0 unspecified atom stereocenters. The lowest BCUT2D eigenvalue weighted by Gasteiger charge is -2.33. The Labute approximate surface area is 154 Å². The van der Waals surface area contributed by atoms with Gasteiger partial charge >= 0.3 is 0 Å². The van der Waals surface area contributed by atoms with Crippen LogP contribution in [0.5, 0.6) is 0 Å². The van der Waals surface area contributed by atoms with E-state index in [2.05, 4.69) is 44.6 Å². The first-order valence-corrected chi connectivity index (χ1v) is 9.63. The van der Waals surface area contributed by atoms with Crippen molar-refractivity contribution < 1.29 is 9.32 Å². The Morgan fingerprint density at radius 1 is 1.35 bits per heavy atom. The summed E-state index contributed by atoms with van der Waals surface area (Å²) in [6.07, 6.45) is 2.73. The van der Waals surface area contributed by atoms with Crippen LogP contribution in [-0.4, -0.2) is 46.6 Å². The number of nitrogens with one attached hydrogen (secondary N) is 1. The largest absolute Gasteiger partial charge is 0.339 e. The van der Waals surface area contributed by atoms with Gasteiger partial charge in [-0.25, -0.2) is 0 Å². The molecule has 0 bridgehead atoms. The second kappa shape index (κ2) is 7.58. The molecule has 1 aromatic heterocycles. The molecular weight excluding hydrogens is 328 g/mol. The number of carbonyl (C=O) groups excluding carboxylic acids is 1. The SMILES string of the molecule is CCc1noc(CCC(=O)N2C[C@H](c3ccccc3)[C@H]3CNCC[C@H]32)n1. The quantitative estimate of drug-likeness (QED) is 0.891. The number of fused-ring (bicyclic) bond motifs is 1. The van der Waals surface area contributed by atoms with E-state index < -0.39 is 0 Å². The molecule has 0 aliphatic carbocycles. The maximum atomic E-state index is 12.9. The molecule has 138 valence electrons. The lowest BCUT2D eigenvalue weighted by atomic mass is 9.82. The molecule has 6 heteroatoms. The van der Waals surface area contributed by atoms with Crippen molar-refractivity contribution in [2.45, 2.75) is 44.6 Å². The lowest BCUT2D eigenvalue weighted by molar-refractivity contribution is -0.132. The minimum absolute atomic E-state index is 0.205. The van der Waals surface area contributed by atoms with Crippen LogP contribution in [0.4, 0.5) is 0 Å². The highest BCUT2D eigenvalue weighted by Crippen LogP contribution is 2.40. The van der Waals surface area contributed by atoms with Crippen LogP contribution >= 0.6 is 0 Å². The number of hydrogen-bond acceptors (Lipinski definition) is 5. The van der Waals surface area contributed by atoms with E-state index in [-0.39, 0.29) is 5.91 Å². The standard InChI is InChI=1S/C20H26N4O2/c1-2-18-22-19(26-23-18)8-9-20(25)24-13-16(14-6-4-3-5-7-14)15-12-21-11-10-17(15)24/h3-7,15-17,21H,2,8-13H2,1H3/t15-,16-,17-/m1/s1. The number of piperidine rings is 1. The monoisotopic (exact) mass is 354 g/mol. The predicted octanol–water partition coefficient (Wildman–Crippen LogP) is 2.17. The van der Waals surface area contributed by atoms with Crippen molar-refractivity contribution in [1.82, 2.24) is 20.4 Å². The summed E-state index contributed by atoms with van der Waals surface area (Å²) in [6.45, 7) is 4.77. The van der Waals surface area contributed by atoms with Crippen LogP contribution in [-0.2, 0) is 17.6 Å². The van der Waals surface area contributed by atoms with Gasteiger partial charge in [0.05, 0.1) is 0 Å². The molecule has 3 heterocycles. The molecule has 4 rings (SSSR count). The smallest absolute Gasteiger partial charge is 0.227 e. The second-order valence-corrected chi connectivity index (χ2v) is 7.25. The minimum atomic E-state index is 0.205. The van der Waals surface area contributed by atoms with Gasteiger partial charge in [-0.05, 0) is 18.5 Å². The zero-order chi connectivity index (χ0) is 17.9. The van der Waals surface area contributed by atoms with Gasteiger partial charge in [0.1, 0.15) is 0 Å². The molecule has 3 atom stereocenters. The summed E-state index contributed by atoms with van der Waals surface area (Å²) in [6, 6.07) is 10.9. The van der Waals surface area contributed by atoms with Crippen molar-refractivity contribution in [3.05, 3.63) is 47.6 Å². The Morgan fingerprint density at radius 3 is 2.96 bits per heavy atom. The summed E-state index contributed by atoms with van der Waals surface area (Å²) in [5, 5.41) is 7.42. The van der Waals surface area contributed by atoms with Gasteiger partial charge in [-0.15, -0.1) is 0 Å². The number of amides is 1. The molecule has 0 saturated carbocycles. The molecule has 1 aromatic carbocycles. The van der Waals surface area contributed by atoms with Crippen LogP contribution in [0.2, 0.25) is 0 Å². The van der Waals surface area contributed by atoms with Gasteiger partial charge in [0.15, 0.2) is 5.82 Å². The summed E-state index contributed by atoms with van der Waals surface area (Å²) in [7, 11) is 0. The Morgan fingerprint density at radius 2 is 2.19 bits per heavy atom. The average molecular weight is 354 g/mol. The molecule has 26 heavy (non-hydrogen) atoms. The zero-order valence-corrected chi connectivity index (χ0v) is 15.2. The first kappa shape index (κ1) is 17.2. The Bertz CT molecular complexity index is 745. The van der Waals surface area contributed by atoms with E-state index in [4.69, 9.17) is 4.52 Å². The lowest BCUT2D eigenvalue weighted by Crippen LogP contribution is -2.46. The first-order valence-electron chi connectivity index (χ1n) is 9.63. The van der Waals surface area contributed by atoms with Crippen LogP contribution in [0.15, 0.2) is 34.9 Å². The average Bonchev–Trinajstić information content (AvgIpc) is 3.31. The highest BCUT2D eigenvalue weighted by Gasteiger charge is 2.44. The number of likely N-dealkylation sites (tertiary alicyclic amines) is 1. The van der Waals surface area contributed by atoms with Crippen LogP contribution in [0, 0.1) is 5.92 Å². The third-order valence-corrected chi connectivity index (χ3v) is 5.73. The maximum Gasteiger partial charge on any atom is 0.227 e. The summed E-state index contributed by atoms with van der Waals surface area (Å²) >= 11 is 0. The van der Waals surface area contributed by atoms with Gasteiger partial charge in [-0.2, -0.15) is 4.98 Å².